The minimum absolute atomic E-state index is 0.179. The first-order valence-electron chi connectivity index (χ1n) is 7.10. The van der Waals surface area contributed by atoms with E-state index in [0.717, 1.165) is 11.4 Å². The van der Waals surface area contributed by atoms with Crippen molar-refractivity contribution in [3.63, 3.8) is 0 Å². The minimum atomic E-state index is -1.81. The largest absolute Gasteiger partial charge is 0.542 e. The maximum atomic E-state index is 6.21. The Labute approximate surface area is 127 Å². The Balaban J connectivity index is 2.05. The molecule has 0 aromatic carbocycles. The molecule has 5 nitrogen and oxygen atoms in total. The van der Waals surface area contributed by atoms with Crippen molar-refractivity contribution in [2.24, 2.45) is 0 Å². The zero-order valence-electron chi connectivity index (χ0n) is 13.4. The van der Waals surface area contributed by atoms with Crippen LogP contribution in [0.4, 0.5) is 5.82 Å². The van der Waals surface area contributed by atoms with Gasteiger partial charge in [-0.1, -0.05) is 20.8 Å². The first kappa shape index (κ1) is 15.6. The Hall–Kier alpha value is -1.82. The molecular formula is C15H24N4OSi. The molecule has 0 saturated carbocycles. The fourth-order valence-electron chi connectivity index (χ4n) is 1.64. The summed E-state index contributed by atoms with van der Waals surface area (Å²) in [7, 11) is -1.81. The Morgan fingerprint density at radius 3 is 2.43 bits per heavy atom. The van der Waals surface area contributed by atoms with E-state index < -0.39 is 8.32 Å². The van der Waals surface area contributed by atoms with Gasteiger partial charge in [-0.2, -0.15) is 5.10 Å². The summed E-state index contributed by atoms with van der Waals surface area (Å²) in [6.07, 6.45) is 3.64. The molecule has 0 atom stereocenters. The minimum Gasteiger partial charge on any atom is -0.542 e. The van der Waals surface area contributed by atoms with Gasteiger partial charge < -0.3 is 10.2 Å². The number of pyridine rings is 1. The lowest BCUT2D eigenvalue weighted by molar-refractivity contribution is 0.489. The van der Waals surface area contributed by atoms with Crippen LogP contribution in [0.1, 0.15) is 26.5 Å². The predicted octanol–water partition coefficient (Wildman–Crippen LogP) is 3.29. The van der Waals surface area contributed by atoms with Crippen molar-refractivity contribution in [3.05, 3.63) is 36.3 Å². The fraction of sp³-hybridized carbons (Fsp3) is 0.467. The zero-order chi connectivity index (χ0) is 15.7. The topological polar surface area (TPSA) is 66.0 Å². The van der Waals surface area contributed by atoms with Gasteiger partial charge in [0.2, 0.25) is 0 Å². The van der Waals surface area contributed by atoms with Crippen LogP contribution in [0.3, 0.4) is 0 Å². The van der Waals surface area contributed by atoms with Gasteiger partial charge in [0, 0.05) is 6.20 Å². The predicted molar refractivity (Wildman–Crippen MR) is 87.8 cm³/mol. The number of nitrogens with zero attached hydrogens (tertiary/aromatic N) is 3. The van der Waals surface area contributed by atoms with Gasteiger partial charge in [-0.3, -0.25) is 9.67 Å². The molecule has 0 fully saturated rings. The average molecular weight is 304 g/mol. The molecule has 2 rings (SSSR count). The molecule has 2 aromatic rings. The lowest BCUT2D eigenvalue weighted by atomic mass is 10.2. The Bertz CT molecular complexity index is 599. The Morgan fingerprint density at radius 2 is 1.95 bits per heavy atom. The van der Waals surface area contributed by atoms with Crippen molar-refractivity contribution in [2.75, 3.05) is 5.73 Å². The summed E-state index contributed by atoms with van der Waals surface area (Å²) in [6, 6.07) is 5.73. The van der Waals surface area contributed by atoms with Gasteiger partial charge in [0.25, 0.3) is 8.32 Å². The molecular weight excluding hydrogens is 280 g/mol. The molecule has 2 heterocycles. The van der Waals surface area contributed by atoms with Gasteiger partial charge in [0.05, 0.1) is 18.4 Å². The van der Waals surface area contributed by atoms with E-state index in [0.29, 0.717) is 12.4 Å². The fourth-order valence-corrected chi connectivity index (χ4v) is 2.66. The molecule has 2 aromatic heterocycles. The zero-order valence-corrected chi connectivity index (χ0v) is 14.4. The first-order chi connectivity index (χ1) is 9.67. The van der Waals surface area contributed by atoms with Crippen LogP contribution in [0, 0.1) is 0 Å². The van der Waals surface area contributed by atoms with E-state index >= 15 is 0 Å². The van der Waals surface area contributed by atoms with Crippen LogP contribution in [0.25, 0.3) is 0 Å². The third-order valence-corrected chi connectivity index (χ3v) is 8.32. The van der Waals surface area contributed by atoms with Gasteiger partial charge in [0.1, 0.15) is 11.6 Å². The highest BCUT2D eigenvalue weighted by Crippen LogP contribution is 2.37. The number of nitrogens with two attached hydrogens (primary N) is 1. The monoisotopic (exact) mass is 304 g/mol. The molecule has 6 heteroatoms. The van der Waals surface area contributed by atoms with Crippen LogP contribution < -0.4 is 10.2 Å². The van der Waals surface area contributed by atoms with Crippen LogP contribution in [0.5, 0.6) is 5.75 Å². The van der Waals surface area contributed by atoms with E-state index in [1.54, 1.807) is 16.9 Å². The van der Waals surface area contributed by atoms with Crippen molar-refractivity contribution in [1.82, 2.24) is 14.8 Å². The first-order valence-corrected chi connectivity index (χ1v) is 10.0. The Morgan fingerprint density at radius 1 is 1.24 bits per heavy atom. The van der Waals surface area contributed by atoms with E-state index in [1.807, 2.05) is 18.3 Å². The summed E-state index contributed by atoms with van der Waals surface area (Å²) >= 11 is 0. The molecule has 0 unspecified atom stereocenters. The molecule has 0 saturated heterocycles. The van der Waals surface area contributed by atoms with E-state index in [9.17, 15) is 0 Å². The third kappa shape index (κ3) is 3.84. The van der Waals surface area contributed by atoms with E-state index in [-0.39, 0.29) is 5.04 Å². The summed E-state index contributed by atoms with van der Waals surface area (Å²) in [6.45, 7) is 11.7. The smallest absolute Gasteiger partial charge is 0.250 e. The molecule has 21 heavy (non-hydrogen) atoms. The summed E-state index contributed by atoms with van der Waals surface area (Å²) in [5.74, 6) is 1.36. The van der Waals surface area contributed by atoms with Crippen molar-refractivity contribution >= 4 is 14.1 Å². The van der Waals surface area contributed by atoms with Crippen LogP contribution in [-0.4, -0.2) is 23.1 Å². The van der Waals surface area contributed by atoms with Gasteiger partial charge in [-0.25, -0.2) is 0 Å². The third-order valence-electron chi connectivity index (χ3n) is 3.96. The van der Waals surface area contributed by atoms with Crippen molar-refractivity contribution in [1.29, 1.82) is 0 Å². The summed E-state index contributed by atoms with van der Waals surface area (Å²) in [4.78, 5) is 4.45. The Kier molecular flexibility index (Phi) is 4.09. The highest BCUT2D eigenvalue weighted by Gasteiger charge is 2.38. The molecule has 0 radical (unpaired) electrons. The lowest BCUT2D eigenvalue weighted by Crippen LogP contribution is -2.43. The van der Waals surface area contributed by atoms with E-state index in [1.165, 1.54) is 0 Å². The number of hydrogen-bond acceptors (Lipinski definition) is 4. The summed E-state index contributed by atoms with van der Waals surface area (Å²) in [5, 5.41) is 4.33. The molecule has 0 aliphatic heterocycles. The van der Waals surface area contributed by atoms with Crippen molar-refractivity contribution < 1.29 is 4.43 Å². The number of aromatic nitrogens is 3. The lowest BCUT2D eigenvalue weighted by Gasteiger charge is -2.36. The van der Waals surface area contributed by atoms with Crippen LogP contribution >= 0.6 is 0 Å². The second kappa shape index (κ2) is 5.52. The maximum absolute atomic E-state index is 6.21. The van der Waals surface area contributed by atoms with Gasteiger partial charge in [0.15, 0.2) is 0 Å². The van der Waals surface area contributed by atoms with Crippen molar-refractivity contribution in [3.8, 4) is 5.75 Å². The van der Waals surface area contributed by atoms with Gasteiger partial charge in [-0.15, -0.1) is 0 Å². The maximum Gasteiger partial charge on any atom is 0.250 e. The molecule has 0 spiro atoms. The van der Waals surface area contributed by atoms with E-state index in [2.05, 4.69) is 43.9 Å². The molecule has 0 aliphatic carbocycles. The molecule has 2 N–H and O–H groups in total. The summed E-state index contributed by atoms with van der Waals surface area (Å²) < 4.78 is 7.98. The number of hydrogen-bond donors (Lipinski definition) is 1. The standard InChI is InChI=1S/C15H24N4OSi/c1-15(2,3)21(4,5)20-13-7-6-12(17-10-13)11-19-9-8-14(16)18-19/h6-10H,11H2,1-5H3,(H2,16,18). The summed E-state index contributed by atoms with van der Waals surface area (Å²) in [5.41, 5.74) is 6.53. The van der Waals surface area contributed by atoms with E-state index in [4.69, 9.17) is 10.2 Å². The second-order valence-electron chi connectivity index (χ2n) is 6.79. The number of nitrogen functional groups attached to an aromatic ring is 1. The normalized spacial score (nSPS) is 12.4. The molecule has 114 valence electrons. The highest BCUT2D eigenvalue weighted by atomic mass is 28.4. The molecule has 0 amide bonds. The van der Waals surface area contributed by atoms with Gasteiger partial charge in [-0.05, 0) is 36.3 Å². The number of rotatable bonds is 4. The SMILES string of the molecule is CC(C)(C)[Si](C)(C)Oc1ccc(Cn2ccc(N)n2)nc1. The molecule has 0 aliphatic rings. The molecule has 0 bridgehead atoms. The second-order valence-corrected chi connectivity index (χ2v) is 11.5. The quantitative estimate of drug-likeness (QED) is 0.880. The van der Waals surface area contributed by atoms with Crippen LogP contribution in [0.15, 0.2) is 30.6 Å². The average Bonchev–Trinajstić information content (AvgIpc) is 2.75. The number of anilines is 1. The van der Waals surface area contributed by atoms with Crippen LogP contribution in [0.2, 0.25) is 18.1 Å². The van der Waals surface area contributed by atoms with Gasteiger partial charge >= 0.3 is 0 Å². The highest BCUT2D eigenvalue weighted by molar-refractivity contribution is 6.74. The van der Waals surface area contributed by atoms with Crippen molar-refractivity contribution in [2.45, 2.75) is 45.4 Å². The van der Waals surface area contributed by atoms with Crippen LogP contribution in [-0.2, 0) is 6.54 Å².